The van der Waals surface area contributed by atoms with Crippen molar-refractivity contribution in [2.45, 2.75) is 6.92 Å². The first-order valence-corrected chi connectivity index (χ1v) is 7.42. The lowest BCUT2D eigenvalue weighted by Gasteiger charge is -2.08. The summed E-state index contributed by atoms with van der Waals surface area (Å²) in [5.41, 5.74) is 3.73. The van der Waals surface area contributed by atoms with Crippen LogP contribution < -0.4 is 4.74 Å². The lowest BCUT2D eigenvalue weighted by Crippen LogP contribution is -1.91. The van der Waals surface area contributed by atoms with Crippen molar-refractivity contribution in [3.63, 3.8) is 0 Å². The van der Waals surface area contributed by atoms with Crippen molar-refractivity contribution in [3.8, 4) is 17.0 Å². The zero-order valence-corrected chi connectivity index (χ0v) is 13.5. The molecule has 112 valence electrons. The van der Waals surface area contributed by atoms with Gasteiger partial charge in [0.2, 0.25) is 0 Å². The Morgan fingerprint density at radius 3 is 2.64 bits per heavy atom. The molecule has 0 atom stereocenters. The molecular formula is C17H13Cl2NO2. The normalized spacial score (nSPS) is 10.9. The topological polar surface area (TPSA) is 42.1 Å². The van der Waals surface area contributed by atoms with Gasteiger partial charge in [-0.2, -0.15) is 0 Å². The van der Waals surface area contributed by atoms with Gasteiger partial charge < -0.3 is 9.72 Å². The first-order valence-electron chi connectivity index (χ1n) is 6.66. The van der Waals surface area contributed by atoms with Crippen LogP contribution in [0.5, 0.6) is 5.75 Å². The Kier molecular flexibility index (Phi) is 3.85. The lowest BCUT2D eigenvalue weighted by atomic mass is 10.0. The van der Waals surface area contributed by atoms with Gasteiger partial charge in [0.15, 0.2) is 6.29 Å². The van der Waals surface area contributed by atoms with E-state index in [-0.39, 0.29) is 0 Å². The van der Waals surface area contributed by atoms with E-state index in [0.29, 0.717) is 32.4 Å². The molecule has 0 aliphatic rings. The fourth-order valence-electron chi connectivity index (χ4n) is 2.63. The number of ether oxygens (including phenoxy) is 1. The lowest BCUT2D eigenvalue weighted by molar-refractivity contribution is 0.112. The number of benzene rings is 2. The Balaban J connectivity index is 2.42. The molecule has 0 unspecified atom stereocenters. The van der Waals surface area contributed by atoms with Crippen LogP contribution in [0, 0.1) is 6.92 Å². The third-order valence-corrected chi connectivity index (χ3v) is 4.25. The zero-order chi connectivity index (χ0) is 15.9. The standard InChI is InChI=1S/C17H13Cl2NO2/c1-9-3-5-13(19)15-12(8-21)17(20-16(9)15)11-7-10(18)4-6-14(11)22-2/h3-8,20H,1-2H3. The summed E-state index contributed by atoms with van der Waals surface area (Å²) in [7, 11) is 1.58. The number of hydrogen-bond donors (Lipinski definition) is 1. The van der Waals surface area contributed by atoms with E-state index in [0.717, 1.165) is 22.9 Å². The number of aromatic amines is 1. The summed E-state index contributed by atoms with van der Waals surface area (Å²) in [5.74, 6) is 0.632. The molecule has 0 bridgehead atoms. The molecule has 3 aromatic rings. The first-order chi connectivity index (χ1) is 10.6. The molecule has 0 amide bonds. The minimum atomic E-state index is 0.504. The predicted molar refractivity (Wildman–Crippen MR) is 90.4 cm³/mol. The van der Waals surface area contributed by atoms with E-state index in [9.17, 15) is 4.79 Å². The molecule has 0 spiro atoms. The summed E-state index contributed by atoms with van der Waals surface area (Å²) in [4.78, 5) is 15.0. The molecule has 1 heterocycles. The predicted octanol–water partition coefficient (Wildman–Crippen LogP) is 5.27. The largest absolute Gasteiger partial charge is 0.496 e. The van der Waals surface area contributed by atoms with Crippen LogP contribution in [0.25, 0.3) is 22.2 Å². The number of fused-ring (bicyclic) bond motifs is 1. The first kappa shape index (κ1) is 14.9. The highest BCUT2D eigenvalue weighted by atomic mass is 35.5. The molecule has 3 rings (SSSR count). The average Bonchev–Trinajstić information content (AvgIpc) is 2.91. The maximum atomic E-state index is 11.7. The van der Waals surface area contributed by atoms with Crippen LogP contribution in [0.15, 0.2) is 30.3 Å². The van der Waals surface area contributed by atoms with Crippen molar-refractivity contribution in [2.24, 2.45) is 0 Å². The van der Waals surface area contributed by atoms with Crippen LogP contribution >= 0.6 is 23.2 Å². The molecule has 0 saturated carbocycles. The number of halogens is 2. The summed E-state index contributed by atoms with van der Waals surface area (Å²) in [6.07, 6.45) is 0.805. The van der Waals surface area contributed by atoms with E-state index in [1.165, 1.54) is 0 Å². The molecule has 2 aromatic carbocycles. The molecule has 0 aliphatic carbocycles. The van der Waals surface area contributed by atoms with Gasteiger partial charge in [0, 0.05) is 21.5 Å². The summed E-state index contributed by atoms with van der Waals surface area (Å²) < 4.78 is 5.38. The molecule has 1 aromatic heterocycles. The number of nitrogens with one attached hydrogen (secondary N) is 1. The van der Waals surface area contributed by atoms with E-state index >= 15 is 0 Å². The average molecular weight is 334 g/mol. The molecule has 22 heavy (non-hydrogen) atoms. The van der Waals surface area contributed by atoms with Crippen molar-refractivity contribution >= 4 is 40.4 Å². The summed E-state index contributed by atoms with van der Waals surface area (Å²) in [6, 6.07) is 8.98. The van der Waals surface area contributed by atoms with Gasteiger partial charge in [-0.1, -0.05) is 29.3 Å². The zero-order valence-electron chi connectivity index (χ0n) is 12.0. The van der Waals surface area contributed by atoms with Crippen LogP contribution in [-0.2, 0) is 0 Å². The Labute approximate surface area is 137 Å². The second-order valence-electron chi connectivity index (χ2n) is 4.99. The third kappa shape index (κ3) is 2.27. The van der Waals surface area contributed by atoms with Gasteiger partial charge in [0.1, 0.15) is 5.75 Å². The van der Waals surface area contributed by atoms with E-state index in [1.807, 2.05) is 13.0 Å². The van der Waals surface area contributed by atoms with Gasteiger partial charge in [-0.3, -0.25) is 4.79 Å². The van der Waals surface area contributed by atoms with Crippen LogP contribution in [-0.4, -0.2) is 18.4 Å². The number of carbonyl (C=O) groups is 1. The number of carbonyl (C=O) groups excluding carboxylic acids is 1. The van der Waals surface area contributed by atoms with Gasteiger partial charge >= 0.3 is 0 Å². The fourth-order valence-corrected chi connectivity index (χ4v) is 3.06. The van der Waals surface area contributed by atoms with Crippen molar-refractivity contribution in [2.75, 3.05) is 7.11 Å². The van der Waals surface area contributed by atoms with Gasteiger partial charge in [-0.05, 0) is 36.8 Å². The van der Waals surface area contributed by atoms with Crippen molar-refractivity contribution in [3.05, 3.63) is 51.5 Å². The minimum Gasteiger partial charge on any atom is -0.496 e. The molecule has 1 N–H and O–H groups in total. The number of hydrogen-bond acceptors (Lipinski definition) is 2. The maximum Gasteiger partial charge on any atom is 0.152 e. The quantitative estimate of drug-likeness (QED) is 0.663. The van der Waals surface area contributed by atoms with Gasteiger partial charge in [-0.25, -0.2) is 0 Å². The number of rotatable bonds is 3. The molecule has 5 heteroatoms. The Bertz CT molecular complexity index is 884. The maximum absolute atomic E-state index is 11.7. The van der Waals surface area contributed by atoms with Gasteiger partial charge in [-0.15, -0.1) is 0 Å². The fraction of sp³-hybridized carbons (Fsp3) is 0.118. The smallest absolute Gasteiger partial charge is 0.152 e. The number of aryl methyl sites for hydroxylation is 1. The highest BCUT2D eigenvalue weighted by molar-refractivity contribution is 6.37. The Hall–Kier alpha value is -1.97. The van der Waals surface area contributed by atoms with Gasteiger partial charge in [0.05, 0.1) is 23.3 Å². The van der Waals surface area contributed by atoms with Crippen molar-refractivity contribution < 1.29 is 9.53 Å². The van der Waals surface area contributed by atoms with Crippen LogP contribution in [0.2, 0.25) is 10.0 Å². The van der Waals surface area contributed by atoms with Crippen LogP contribution in [0.4, 0.5) is 0 Å². The third-order valence-electron chi connectivity index (χ3n) is 3.70. The Morgan fingerprint density at radius 2 is 1.95 bits per heavy atom. The summed E-state index contributed by atoms with van der Waals surface area (Å²) >= 11 is 12.4. The highest BCUT2D eigenvalue weighted by Gasteiger charge is 2.19. The number of methoxy groups -OCH3 is 1. The van der Waals surface area contributed by atoms with Crippen LogP contribution in [0.1, 0.15) is 15.9 Å². The highest BCUT2D eigenvalue weighted by Crippen LogP contribution is 2.39. The molecular weight excluding hydrogens is 321 g/mol. The second kappa shape index (κ2) is 5.67. The number of H-pyrrole nitrogens is 1. The molecule has 0 fully saturated rings. The van der Waals surface area contributed by atoms with Crippen LogP contribution in [0.3, 0.4) is 0 Å². The van der Waals surface area contributed by atoms with E-state index in [1.54, 1.807) is 31.4 Å². The van der Waals surface area contributed by atoms with E-state index in [2.05, 4.69) is 4.98 Å². The number of aromatic nitrogens is 1. The van der Waals surface area contributed by atoms with E-state index in [4.69, 9.17) is 27.9 Å². The molecule has 3 nitrogen and oxygen atoms in total. The second-order valence-corrected chi connectivity index (χ2v) is 5.83. The molecule has 0 aliphatic heterocycles. The minimum absolute atomic E-state index is 0.504. The monoisotopic (exact) mass is 333 g/mol. The number of aldehydes is 1. The Morgan fingerprint density at radius 1 is 1.18 bits per heavy atom. The van der Waals surface area contributed by atoms with Gasteiger partial charge in [0.25, 0.3) is 0 Å². The van der Waals surface area contributed by atoms with Crippen molar-refractivity contribution in [1.29, 1.82) is 0 Å². The molecule has 0 radical (unpaired) electrons. The SMILES string of the molecule is COc1ccc(Cl)cc1-c1[nH]c2c(C)ccc(Cl)c2c1C=O. The van der Waals surface area contributed by atoms with E-state index < -0.39 is 0 Å². The van der Waals surface area contributed by atoms with Crippen molar-refractivity contribution in [1.82, 2.24) is 4.98 Å². The summed E-state index contributed by atoms with van der Waals surface area (Å²) in [5, 5.41) is 1.81. The summed E-state index contributed by atoms with van der Waals surface area (Å²) in [6.45, 7) is 1.96. The molecule has 0 saturated heterocycles.